The molecule has 3 N–H and O–H groups in total. The SMILES string of the molecule is CCCc1nnsc1C(NN)c1cnnn1CCC. The Kier molecular flexibility index (Phi) is 4.94. The molecule has 0 saturated heterocycles. The van der Waals surface area contributed by atoms with Crippen LogP contribution in [0.15, 0.2) is 6.20 Å². The predicted molar refractivity (Wildman–Crippen MR) is 73.4 cm³/mol. The summed E-state index contributed by atoms with van der Waals surface area (Å²) in [5.41, 5.74) is 4.79. The highest BCUT2D eigenvalue weighted by Gasteiger charge is 2.23. The molecular weight excluding hydrogens is 262 g/mol. The van der Waals surface area contributed by atoms with Crippen LogP contribution in [0.4, 0.5) is 0 Å². The fraction of sp³-hybridized carbons (Fsp3) is 0.636. The molecular formula is C11H19N7S. The third-order valence-corrected chi connectivity index (χ3v) is 3.71. The van der Waals surface area contributed by atoms with Gasteiger partial charge in [-0.25, -0.2) is 10.1 Å². The lowest BCUT2D eigenvalue weighted by molar-refractivity contribution is 0.513. The standard InChI is InChI=1S/C11H19N7S/c1-3-5-8-11(19-17-15-8)10(14-12)9-7-13-16-18(9)6-4-2/h7,10,14H,3-6,12H2,1-2H3. The topological polar surface area (TPSA) is 94.5 Å². The monoisotopic (exact) mass is 281 g/mol. The van der Waals surface area contributed by atoms with E-state index in [-0.39, 0.29) is 6.04 Å². The normalized spacial score (nSPS) is 12.8. The Morgan fingerprint density at radius 2 is 2.26 bits per heavy atom. The lowest BCUT2D eigenvalue weighted by atomic mass is 10.1. The molecule has 0 fully saturated rings. The maximum Gasteiger partial charge on any atom is 0.102 e. The Bertz CT molecular complexity index is 462. The van der Waals surface area contributed by atoms with E-state index in [2.05, 4.69) is 39.2 Å². The van der Waals surface area contributed by atoms with E-state index in [4.69, 9.17) is 5.84 Å². The van der Waals surface area contributed by atoms with Gasteiger partial charge in [0.25, 0.3) is 0 Å². The van der Waals surface area contributed by atoms with Crippen molar-refractivity contribution in [3.8, 4) is 0 Å². The van der Waals surface area contributed by atoms with Gasteiger partial charge in [-0.2, -0.15) is 0 Å². The second-order valence-corrected chi connectivity index (χ2v) is 5.10. The summed E-state index contributed by atoms with van der Waals surface area (Å²) in [6.07, 6.45) is 4.67. The zero-order chi connectivity index (χ0) is 13.7. The molecule has 0 aromatic carbocycles. The number of nitrogens with one attached hydrogen (secondary N) is 1. The molecule has 2 aromatic rings. The van der Waals surface area contributed by atoms with Crippen LogP contribution in [-0.4, -0.2) is 24.6 Å². The second kappa shape index (κ2) is 6.69. The van der Waals surface area contributed by atoms with Gasteiger partial charge in [-0.15, -0.1) is 10.2 Å². The third-order valence-electron chi connectivity index (χ3n) is 2.88. The number of aromatic nitrogens is 5. The highest BCUT2D eigenvalue weighted by Crippen LogP contribution is 2.26. The molecule has 0 spiro atoms. The number of hydrazine groups is 1. The van der Waals surface area contributed by atoms with Crippen molar-refractivity contribution in [3.63, 3.8) is 0 Å². The van der Waals surface area contributed by atoms with E-state index in [0.717, 1.165) is 42.1 Å². The number of hydrogen-bond donors (Lipinski definition) is 2. The number of nitrogens with two attached hydrogens (primary N) is 1. The molecule has 2 aromatic heterocycles. The minimum Gasteiger partial charge on any atom is -0.270 e. The first-order chi connectivity index (χ1) is 9.31. The number of hydrogen-bond acceptors (Lipinski definition) is 7. The Balaban J connectivity index is 2.33. The van der Waals surface area contributed by atoms with Crippen molar-refractivity contribution in [2.24, 2.45) is 5.84 Å². The number of rotatable bonds is 7. The molecule has 0 saturated carbocycles. The first-order valence-corrected chi connectivity index (χ1v) is 7.24. The molecule has 0 bridgehead atoms. The Morgan fingerprint density at radius 1 is 1.42 bits per heavy atom. The highest BCUT2D eigenvalue weighted by molar-refractivity contribution is 7.05. The van der Waals surface area contributed by atoms with E-state index >= 15 is 0 Å². The van der Waals surface area contributed by atoms with Crippen molar-refractivity contribution in [2.75, 3.05) is 0 Å². The lowest BCUT2D eigenvalue weighted by Gasteiger charge is -2.15. The van der Waals surface area contributed by atoms with E-state index < -0.39 is 0 Å². The molecule has 0 amide bonds. The van der Waals surface area contributed by atoms with Crippen LogP contribution in [0.5, 0.6) is 0 Å². The van der Waals surface area contributed by atoms with Gasteiger partial charge in [0.05, 0.1) is 22.5 Å². The van der Waals surface area contributed by atoms with Gasteiger partial charge in [0.15, 0.2) is 0 Å². The van der Waals surface area contributed by atoms with E-state index in [1.807, 2.05) is 4.68 Å². The molecule has 2 rings (SSSR count). The largest absolute Gasteiger partial charge is 0.270 e. The number of aryl methyl sites for hydroxylation is 2. The average Bonchev–Trinajstić information content (AvgIpc) is 3.03. The fourth-order valence-electron chi connectivity index (χ4n) is 2.02. The molecule has 0 aliphatic carbocycles. The van der Waals surface area contributed by atoms with E-state index in [1.54, 1.807) is 6.20 Å². The Labute approximate surface area is 116 Å². The predicted octanol–water partition coefficient (Wildman–Crippen LogP) is 1.04. The third kappa shape index (κ3) is 2.96. The van der Waals surface area contributed by atoms with Gasteiger partial charge in [0.1, 0.15) is 6.04 Å². The van der Waals surface area contributed by atoms with Crippen LogP contribution in [0.3, 0.4) is 0 Å². The molecule has 1 atom stereocenters. The van der Waals surface area contributed by atoms with Crippen LogP contribution in [0.1, 0.15) is 49.0 Å². The minimum absolute atomic E-state index is 0.150. The van der Waals surface area contributed by atoms with Crippen molar-refractivity contribution >= 4 is 11.5 Å². The van der Waals surface area contributed by atoms with Gasteiger partial charge in [-0.05, 0) is 24.4 Å². The highest BCUT2D eigenvalue weighted by atomic mass is 32.1. The molecule has 8 heteroatoms. The zero-order valence-corrected chi connectivity index (χ0v) is 12.0. The van der Waals surface area contributed by atoms with Crippen LogP contribution < -0.4 is 11.3 Å². The van der Waals surface area contributed by atoms with Crippen molar-refractivity contribution in [1.29, 1.82) is 0 Å². The van der Waals surface area contributed by atoms with Gasteiger partial charge in [0.2, 0.25) is 0 Å². The molecule has 19 heavy (non-hydrogen) atoms. The quantitative estimate of drug-likeness (QED) is 0.582. The summed E-state index contributed by atoms with van der Waals surface area (Å²) in [6, 6.07) is -0.150. The number of nitrogens with zero attached hydrogens (tertiary/aromatic N) is 5. The smallest absolute Gasteiger partial charge is 0.102 e. The Morgan fingerprint density at radius 3 is 2.95 bits per heavy atom. The maximum atomic E-state index is 5.72. The zero-order valence-electron chi connectivity index (χ0n) is 11.2. The molecule has 1 unspecified atom stereocenters. The fourth-order valence-corrected chi connectivity index (χ4v) is 2.78. The summed E-state index contributed by atoms with van der Waals surface area (Å²) in [6.45, 7) is 5.05. The van der Waals surface area contributed by atoms with E-state index in [1.165, 1.54) is 11.5 Å². The van der Waals surface area contributed by atoms with E-state index in [0.29, 0.717) is 0 Å². The molecule has 0 aliphatic heterocycles. The summed E-state index contributed by atoms with van der Waals surface area (Å²) in [4.78, 5) is 1.05. The summed E-state index contributed by atoms with van der Waals surface area (Å²) < 4.78 is 5.92. The lowest BCUT2D eigenvalue weighted by Crippen LogP contribution is -2.31. The molecule has 104 valence electrons. The molecule has 7 nitrogen and oxygen atoms in total. The maximum absolute atomic E-state index is 5.72. The van der Waals surface area contributed by atoms with Crippen LogP contribution in [-0.2, 0) is 13.0 Å². The van der Waals surface area contributed by atoms with Crippen LogP contribution >= 0.6 is 11.5 Å². The van der Waals surface area contributed by atoms with Gasteiger partial charge in [-0.3, -0.25) is 5.84 Å². The Hall–Kier alpha value is -1.38. The average molecular weight is 281 g/mol. The molecule has 0 radical (unpaired) electrons. The van der Waals surface area contributed by atoms with Gasteiger partial charge in [-0.1, -0.05) is 30.0 Å². The summed E-state index contributed by atoms with van der Waals surface area (Å²) >= 11 is 1.37. The summed E-state index contributed by atoms with van der Waals surface area (Å²) in [7, 11) is 0. The molecule has 0 aliphatic rings. The van der Waals surface area contributed by atoms with E-state index in [9.17, 15) is 0 Å². The van der Waals surface area contributed by atoms with Gasteiger partial charge >= 0.3 is 0 Å². The van der Waals surface area contributed by atoms with Crippen molar-refractivity contribution in [3.05, 3.63) is 22.5 Å². The summed E-state index contributed by atoms with van der Waals surface area (Å²) in [5.74, 6) is 5.72. The van der Waals surface area contributed by atoms with Crippen molar-refractivity contribution < 1.29 is 0 Å². The minimum atomic E-state index is -0.150. The van der Waals surface area contributed by atoms with Crippen molar-refractivity contribution in [2.45, 2.75) is 45.7 Å². The first-order valence-electron chi connectivity index (χ1n) is 6.47. The van der Waals surface area contributed by atoms with Gasteiger partial charge < -0.3 is 0 Å². The van der Waals surface area contributed by atoms with Crippen molar-refractivity contribution in [1.82, 2.24) is 30.0 Å². The molecule has 2 heterocycles. The first kappa shape index (κ1) is 14.0. The summed E-state index contributed by atoms with van der Waals surface area (Å²) in [5, 5.41) is 12.3. The van der Waals surface area contributed by atoms with Crippen LogP contribution in [0, 0.1) is 0 Å². The van der Waals surface area contributed by atoms with Gasteiger partial charge in [0, 0.05) is 6.54 Å². The second-order valence-electron chi connectivity index (χ2n) is 4.32. The van der Waals surface area contributed by atoms with Crippen LogP contribution in [0.2, 0.25) is 0 Å². The van der Waals surface area contributed by atoms with Crippen LogP contribution in [0.25, 0.3) is 0 Å².